The normalized spacial score (nSPS) is 13.6. The van der Waals surface area contributed by atoms with Crippen molar-refractivity contribution in [2.24, 2.45) is 0 Å². The molecule has 216 valence electrons. The first kappa shape index (κ1) is 30.4. The van der Waals surface area contributed by atoms with Crippen molar-refractivity contribution >= 4 is 32.9 Å². The molecule has 5 rings (SSSR count). The molecule has 1 aromatic heterocycles. The Hall–Kier alpha value is -3.53. The first-order valence-electron chi connectivity index (χ1n) is 13.6. The van der Waals surface area contributed by atoms with Gasteiger partial charge in [0, 0.05) is 30.1 Å². The first-order valence-corrected chi connectivity index (χ1v) is 16.4. The summed E-state index contributed by atoms with van der Waals surface area (Å²) in [6.07, 6.45) is 8.36. The van der Waals surface area contributed by atoms with E-state index in [9.17, 15) is 13.2 Å². The number of benzene rings is 3. The van der Waals surface area contributed by atoms with Gasteiger partial charge in [-0.2, -0.15) is 8.42 Å². The van der Waals surface area contributed by atoms with Crippen LogP contribution in [0.5, 0.6) is 5.75 Å². The van der Waals surface area contributed by atoms with Crippen molar-refractivity contribution in [3.05, 3.63) is 100 Å². The van der Waals surface area contributed by atoms with Crippen LogP contribution in [-0.2, 0) is 23.3 Å². The number of nitrogens with zero attached hydrogens (tertiary/aromatic N) is 2. The highest BCUT2D eigenvalue weighted by molar-refractivity contribution is 7.85. The van der Waals surface area contributed by atoms with Crippen LogP contribution in [-0.4, -0.2) is 37.5 Å². The van der Waals surface area contributed by atoms with E-state index in [1.807, 2.05) is 43.4 Å². The number of aromatic nitrogens is 1. The number of rotatable bonds is 9. The zero-order valence-electron chi connectivity index (χ0n) is 23.4. The van der Waals surface area contributed by atoms with E-state index in [0.29, 0.717) is 18.4 Å². The van der Waals surface area contributed by atoms with E-state index < -0.39 is 10.1 Å². The van der Waals surface area contributed by atoms with Crippen LogP contribution in [0.3, 0.4) is 0 Å². The second-order valence-corrected chi connectivity index (χ2v) is 12.7. The van der Waals surface area contributed by atoms with Crippen LogP contribution < -0.4 is 9.64 Å². The summed E-state index contributed by atoms with van der Waals surface area (Å²) in [4.78, 5) is 17.8. The van der Waals surface area contributed by atoms with Gasteiger partial charge in [0.25, 0.3) is 10.1 Å². The van der Waals surface area contributed by atoms with Crippen molar-refractivity contribution in [3.8, 4) is 17.0 Å². The maximum atomic E-state index is 10.9. The quantitative estimate of drug-likeness (QED) is 0.160. The van der Waals surface area contributed by atoms with Gasteiger partial charge in [0.2, 0.25) is 0 Å². The summed E-state index contributed by atoms with van der Waals surface area (Å²) in [5, 5.41) is 3.05. The van der Waals surface area contributed by atoms with Gasteiger partial charge < -0.3 is 9.64 Å². The van der Waals surface area contributed by atoms with Gasteiger partial charge >= 0.3 is 0 Å². The molecule has 1 heterocycles. The van der Waals surface area contributed by atoms with Gasteiger partial charge in [-0.3, -0.25) is 9.35 Å². The average molecular weight is 593 g/mol. The third-order valence-electron chi connectivity index (χ3n) is 6.97. The van der Waals surface area contributed by atoms with E-state index in [2.05, 4.69) is 46.7 Å². The summed E-state index contributed by atoms with van der Waals surface area (Å²) < 4.78 is 31.9. The number of hydrogen-bond acceptors (Lipinski definition) is 7. The second-order valence-electron chi connectivity index (χ2n) is 10.4. The highest BCUT2D eigenvalue weighted by Gasteiger charge is 2.15. The van der Waals surface area contributed by atoms with Crippen molar-refractivity contribution in [2.75, 3.05) is 18.2 Å². The number of anilines is 1. The van der Waals surface area contributed by atoms with Gasteiger partial charge in [0.1, 0.15) is 18.6 Å². The molecule has 41 heavy (non-hydrogen) atoms. The lowest BCUT2D eigenvalue weighted by atomic mass is 9.84. The Labute approximate surface area is 246 Å². The molecule has 1 aliphatic rings. The molecule has 4 aromatic rings. The zero-order valence-corrected chi connectivity index (χ0v) is 25.0. The van der Waals surface area contributed by atoms with Crippen LogP contribution in [0, 0.1) is 0 Å². The molecule has 0 spiro atoms. The molecule has 9 heteroatoms. The lowest BCUT2D eigenvalue weighted by Gasteiger charge is -2.22. The van der Waals surface area contributed by atoms with Gasteiger partial charge in [-0.1, -0.05) is 67.8 Å². The third-order valence-corrected chi connectivity index (χ3v) is 7.92. The molecule has 1 fully saturated rings. The minimum Gasteiger partial charge on any atom is -0.489 e. The topological polar surface area (TPSA) is 96.8 Å². The van der Waals surface area contributed by atoms with Crippen molar-refractivity contribution in [3.63, 3.8) is 0 Å². The van der Waals surface area contributed by atoms with Crippen molar-refractivity contribution < 1.29 is 22.5 Å². The van der Waals surface area contributed by atoms with Gasteiger partial charge in [-0.05, 0) is 59.7 Å². The van der Waals surface area contributed by atoms with E-state index in [4.69, 9.17) is 14.3 Å². The van der Waals surface area contributed by atoms with Crippen molar-refractivity contribution in [1.82, 2.24) is 4.98 Å². The van der Waals surface area contributed by atoms with Gasteiger partial charge in [-0.15, -0.1) is 11.3 Å². The zero-order chi connectivity index (χ0) is 29.2. The van der Waals surface area contributed by atoms with Crippen LogP contribution >= 0.6 is 11.3 Å². The summed E-state index contributed by atoms with van der Waals surface area (Å²) in [5.41, 5.74) is 6.55. The fourth-order valence-corrected chi connectivity index (χ4v) is 5.63. The van der Waals surface area contributed by atoms with E-state index in [1.165, 1.54) is 43.2 Å². The Balaban J connectivity index is 0.000000714. The molecule has 0 radical (unpaired) electrons. The summed E-state index contributed by atoms with van der Waals surface area (Å²) in [5.74, 6) is 1.60. The monoisotopic (exact) mass is 592 g/mol. The molecular weight excluding hydrogens is 556 g/mol. The molecule has 0 atom stereocenters. The van der Waals surface area contributed by atoms with E-state index >= 15 is 0 Å². The maximum absolute atomic E-state index is 10.9. The highest BCUT2D eigenvalue weighted by atomic mass is 32.2. The number of thiazole rings is 1. The molecule has 0 unspecified atom stereocenters. The van der Waals surface area contributed by atoms with Gasteiger partial charge in [0.05, 0.1) is 11.9 Å². The average Bonchev–Trinajstić information content (AvgIpc) is 3.47. The van der Waals surface area contributed by atoms with Crippen LogP contribution in [0.1, 0.15) is 65.1 Å². The predicted octanol–water partition coefficient (Wildman–Crippen LogP) is 7.39. The largest absolute Gasteiger partial charge is 0.489 e. The number of carbonyl (C=O) groups excluding carboxylic acids is 1. The predicted molar refractivity (Wildman–Crippen MR) is 166 cm³/mol. The molecule has 1 saturated carbocycles. The standard InChI is InChI=1S/C31H32N2O2S.CH4O3S/c1-33(19-23-7-9-24(20-34)10-8-23)31-32-30(22-36-31)28-15-17-29(18-16-28)35-21-25-11-13-27(14-12-25)26-5-3-2-4-6-26;1-5(2,3)4/h7-18,20,22,26H,2-6,19,21H2,1H3;1H3,(H,2,3,4). The van der Waals surface area contributed by atoms with Crippen LogP contribution in [0.4, 0.5) is 5.13 Å². The highest BCUT2D eigenvalue weighted by Crippen LogP contribution is 2.33. The van der Waals surface area contributed by atoms with E-state index in [-0.39, 0.29) is 0 Å². The molecule has 0 amide bonds. The number of aldehydes is 1. The fourth-order valence-electron chi connectivity index (χ4n) is 4.83. The van der Waals surface area contributed by atoms with Crippen LogP contribution in [0.25, 0.3) is 11.3 Å². The Morgan fingerprint density at radius 1 is 0.951 bits per heavy atom. The molecule has 3 aromatic carbocycles. The van der Waals surface area contributed by atoms with Crippen LogP contribution in [0.2, 0.25) is 0 Å². The summed E-state index contributed by atoms with van der Waals surface area (Å²) in [6, 6.07) is 24.8. The van der Waals surface area contributed by atoms with E-state index in [1.54, 1.807) is 11.3 Å². The molecule has 0 bridgehead atoms. The van der Waals surface area contributed by atoms with Crippen LogP contribution in [0.15, 0.2) is 78.2 Å². The molecular formula is C32H36N2O5S2. The number of hydrogen-bond donors (Lipinski definition) is 1. The minimum atomic E-state index is -3.67. The number of ether oxygens (including phenoxy) is 1. The SMILES string of the molecule is CN(Cc1ccc(C=O)cc1)c1nc(-c2ccc(OCc3ccc(C4CCCCC4)cc3)cc2)cs1.CS(=O)(=O)O. The summed E-state index contributed by atoms with van der Waals surface area (Å²) in [7, 11) is -1.63. The third kappa shape index (κ3) is 9.81. The Kier molecular flexibility index (Phi) is 10.7. The Bertz CT molecular complexity index is 1490. The second kappa shape index (κ2) is 14.4. The van der Waals surface area contributed by atoms with Gasteiger partial charge in [0.15, 0.2) is 5.13 Å². The molecule has 0 aliphatic heterocycles. The molecule has 0 saturated heterocycles. The van der Waals surface area contributed by atoms with Crippen molar-refractivity contribution in [2.45, 2.75) is 51.2 Å². The lowest BCUT2D eigenvalue weighted by molar-refractivity contribution is 0.112. The summed E-state index contributed by atoms with van der Waals surface area (Å²) >= 11 is 1.63. The molecule has 7 nitrogen and oxygen atoms in total. The Morgan fingerprint density at radius 2 is 1.56 bits per heavy atom. The van der Waals surface area contributed by atoms with Crippen molar-refractivity contribution in [1.29, 1.82) is 0 Å². The lowest BCUT2D eigenvalue weighted by Crippen LogP contribution is -2.16. The van der Waals surface area contributed by atoms with Gasteiger partial charge in [-0.25, -0.2) is 4.98 Å². The minimum absolute atomic E-state index is 0.573. The fraction of sp³-hybridized carbons (Fsp3) is 0.312. The maximum Gasteiger partial charge on any atom is 0.261 e. The first-order chi connectivity index (χ1) is 19.7. The smallest absolute Gasteiger partial charge is 0.261 e. The Morgan fingerprint density at radius 3 is 2.17 bits per heavy atom. The molecule has 1 aliphatic carbocycles. The number of carbonyl (C=O) groups is 1. The van der Waals surface area contributed by atoms with E-state index in [0.717, 1.165) is 46.5 Å². The molecule has 1 N–H and O–H groups in total. The summed E-state index contributed by atoms with van der Waals surface area (Å²) in [6.45, 7) is 1.31.